The highest BCUT2D eigenvalue weighted by molar-refractivity contribution is 4.93. The molecule has 0 amide bonds. The Morgan fingerprint density at radius 1 is 1.50 bits per heavy atom. The fourth-order valence-electron chi connectivity index (χ4n) is 1.88. The molecule has 1 aliphatic heterocycles. The van der Waals surface area contributed by atoms with Crippen LogP contribution < -0.4 is 0 Å². The van der Waals surface area contributed by atoms with E-state index in [-0.39, 0.29) is 12.2 Å². The topological polar surface area (TPSA) is 38.7 Å². The van der Waals surface area contributed by atoms with Crippen molar-refractivity contribution in [3.05, 3.63) is 0 Å². The second kappa shape index (κ2) is 3.32. The Hall–Kier alpha value is -0.120. The molecule has 3 nitrogen and oxygen atoms in total. The van der Waals surface area contributed by atoms with E-state index in [0.717, 1.165) is 6.42 Å². The molecule has 0 aromatic heterocycles. The number of ether oxygens (including phenoxy) is 2. The van der Waals surface area contributed by atoms with Gasteiger partial charge in [-0.15, -0.1) is 0 Å². The quantitative estimate of drug-likeness (QED) is 0.643. The summed E-state index contributed by atoms with van der Waals surface area (Å²) in [5.74, 6) is 0. The predicted molar refractivity (Wildman–Crippen MR) is 46.0 cm³/mol. The molecular formula is C9H18O3. The normalized spacial score (nSPS) is 49.2. The van der Waals surface area contributed by atoms with Crippen molar-refractivity contribution in [2.75, 3.05) is 7.11 Å². The highest BCUT2D eigenvalue weighted by Crippen LogP contribution is 2.31. The molecule has 0 aromatic carbocycles. The molecule has 0 saturated carbocycles. The van der Waals surface area contributed by atoms with Gasteiger partial charge in [0.2, 0.25) is 0 Å². The zero-order chi connectivity index (χ0) is 9.35. The maximum Gasteiger partial charge on any atom is 0.109 e. The molecule has 0 radical (unpaired) electrons. The smallest absolute Gasteiger partial charge is 0.109 e. The van der Waals surface area contributed by atoms with Crippen LogP contribution >= 0.6 is 0 Å². The number of aliphatic hydroxyl groups excluding tert-OH is 1. The van der Waals surface area contributed by atoms with E-state index in [2.05, 4.69) is 0 Å². The van der Waals surface area contributed by atoms with Gasteiger partial charge >= 0.3 is 0 Å². The summed E-state index contributed by atoms with van der Waals surface area (Å²) < 4.78 is 10.8. The predicted octanol–water partition coefficient (Wildman–Crippen LogP) is 0.950. The largest absolute Gasteiger partial charge is 0.387 e. The Labute approximate surface area is 73.7 Å². The molecule has 1 fully saturated rings. The maximum atomic E-state index is 9.76. The number of hydrogen-bond acceptors (Lipinski definition) is 3. The minimum Gasteiger partial charge on any atom is -0.387 e. The van der Waals surface area contributed by atoms with Crippen molar-refractivity contribution in [3.63, 3.8) is 0 Å². The monoisotopic (exact) mass is 174 g/mol. The van der Waals surface area contributed by atoms with Crippen molar-refractivity contribution in [1.29, 1.82) is 0 Å². The zero-order valence-electron chi connectivity index (χ0n) is 8.20. The summed E-state index contributed by atoms with van der Waals surface area (Å²) in [7, 11) is 1.63. The van der Waals surface area contributed by atoms with Gasteiger partial charge in [0.1, 0.15) is 6.10 Å². The van der Waals surface area contributed by atoms with Gasteiger partial charge in [-0.2, -0.15) is 0 Å². The van der Waals surface area contributed by atoms with E-state index in [1.807, 2.05) is 20.8 Å². The molecule has 0 bridgehead atoms. The molecular weight excluding hydrogens is 156 g/mol. The summed E-state index contributed by atoms with van der Waals surface area (Å²) in [6, 6.07) is 0. The third-order valence-electron chi connectivity index (χ3n) is 2.68. The Balaban J connectivity index is 2.72. The van der Waals surface area contributed by atoms with E-state index >= 15 is 0 Å². The highest BCUT2D eigenvalue weighted by atomic mass is 16.5. The summed E-state index contributed by atoms with van der Waals surface area (Å²) in [4.78, 5) is 0. The van der Waals surface area contributed by atoms with Crippen LogP contribution in [0, 0.1) is 0 Å². The fraction of sp³-hybridized carbons (Fsp3) is 1.00. The van der Waals surface area contributed by atoms with E-state index in [9.17, 15) is 5.11 Å². The van der Waals surface area contributed by atoms with E-state index in [0.29, 0.717) is 0 Å². The van der Waals surface area contributed by atoms with Gasteiger partial charge in [-0.05, 0) is 20.8 Å². The van der Waals surface area contributed by atoms with Crippen LogP contribution in [0.3, 0.4) is 0 Å². The molecule has 0 aliphatic carbocycles. The lowest BCUT2D eigenvalue weighted by molar-refractivity contribution is -0.210. The summed E-state index contributed by atoms with van der Waals surface area (Å²) >= 11 is 0. The van der Waals surface area contributed by atoms with Crippen molar-refractivity contribution in [1.82, 2.24) is 0 Å². The van der Waals surface area contributed by atoms with Crippen molar-refractivity contribution < 1.29 is 14.6 Å². The average Bonchev–Trinajstić information content (AvgIpc) is 2.00. The number of rotatable bonds is 1. The number of hydrogen-bond donors (Lipinski definition) is 1. The fourth-order valence-corrected chi connectivity index (χ4v) is 1.88. The van der Waals surface area contributed by atoms with Crippen molar-refractivity contribution >= 4 is 0 Å². The molecule has 1 aliphatic rings. The van der Waals surface area contributed by atoms with E-state index in [4.69, 9.17) is 9.47 Å². The first-order chi connectivity index (χ1) is 5.49. The van der Waals surface area contributed by atoms with Crippen LogP contribution in [0.2, 0.25) is 0 Å². The second-order valence-corrected chi connectivity index (χ2v) is 3.82. The Morgan fingerprint density at radius 2 is 2.08 bits per heavy atom. The van der Waals surface area contributed by atoms with Crippen LogP contribution in [-0.4, -0.2) is 36.1 Å². The summed E-state index contributed by atoms with van der Waals surface area (Å²) in [5.41, 5.74) is -0.447. The average molecular weight is 174 g/mol. The van der Waals surface area contributed by atoms with E-state index in [1.54, 1.807) is 7.11 Å². The van der Waals surface area contributed by atoms with Crippen LogP contribution in [0.4, 0.5) is 0 Å². The molecule has 1 N–H and O–H groups in total. The van der Waals surface area contributed by atoms with E-state index in [1.165, 1.54) is 0 Å². The molecule has 2 unspecified atom stereocenters. The molecule has 1 rings (SSSR count). The lowest BCUT2D eigenvalue weighted by atomic mass is 9.86. The van der Waals surface area contributed by atoms with Crippen molar-refractivity contribution in [2.45, 2.75) is 51.1 Å². The van der Waals surface area contributed by atoms with Crippen molar-refractivity contribution in [2.24, 2.45) is 0 Å². The van der Waals surface area contributed by atoms with Crippen LogP contribution in [0.5, 0.6) is 0 Å². The minimum atomic E-state index is -0.529. The molecule has 0 aromatic rings. The Morgan fingerprint density at radius 3 is 2.58 bits per heavy atom. The molecule has 12 heavy (non-hydrogen) atoms. The molecule has 4 atom stereocenters. The van der Waals surface area contributed by atoms with Crippen LogP contribution in [0.15, 0.2) is 0 Å². The Kier molecular flexibility index (Phi) is 2.76. The lowest BCUT2D eigenvalue weighted by Crippen LogP contribution is -2.55. The Bertz CT molecular complexity index is 160. The molecule has 1 heterocycles. The van der Waals surface area contributed by atoms with Gasteiger partial charge in [-0.3, -0.25) is 0 Å². The van der Waals surface area contributed by atoms with Gasteiger partial charge in [-0.1, -0.05) is 0 Å². The molecule has 1 saturated heterocycles. The molecule has 0 spiro atoms. The first-order valence-corrected chi connectivity index (χ1v) is 4.38. The SMILES string of the molecule is COC1(C)C[C@H](C)OC(C)[C@@H]1O. The first kappa shape index (κ1) is 9.96. The summed E-state index contributed by atoms with van der Waals surface area (Å²) in [5, 5.41) is 9.76. The van der Waals surface area contributed by atoms with Crippen LogP contribution in [-0.2, 0) is 9.47 Å². The zero-order valence-corrected chi connectivity index (χ0v) is 8.20. The summed E-state index contributed by atoms with van der Waals surface area (Å²) in [6.07, 6.45) is 0.236. The van der Waals surface area contributed by atoms with Gasteiger partial charge in [0.15, 0.2) is 0 Å². The molecule has 3 heteroatoms. The first-order valence-electron chi connectivity index (χ1n) is 4.38. The van der Waals surface area contributed by atoms with Gasteiger partial charge in [0.25, 0.3) is 0 Å². The maximum absolute atomic E-state index is 9.76. The standard InChI is InChI=1S/C9H18O3/c1-6-5-9(3,11-4)8(10)7(2)12-6/h6-8,10H,5H2,1-4H3/t6-,7?,8-,9?/m0/s1. The lowest BCUT2D eigenvalue weighted by Gasteiger charge is -2.43. The van der Waals surface area contributed by atoms with Crippen LogP contribution in [0.1, 0.15) is 27.2 Å². The van der Waals surface area contributed by atoms with Gasteiger partial charge in [0.05, 0.1) is 17.8 Å². The van der Waals surface area contributed by atoms with Crippen LogP contribution in [0.25, 0.3) is 0 Å². The molecule has 72 valence electrons. The van der Waals surface area contributed by atoms with Crippen molar-refractivity contribution in [3.8, 4) is 0 Å². The van der Waals surface area contributed by atoms with Gasteiger partial charge in [-0.25, -0.2) is 0 Å². The van der Waals surface area contributed by atoms with Gasteiger partial charge < -0.3 is 14.6 Å². The third-order valence-corrected chi connectivity index (χ3v) is 2.68. The third kappa shape index (κ3) is 1.63. The highest BCUT2D eigenvalue weighted by Gasteiger charge is 2.43. The minimum absolute atomic E-state index is 0.140. The summed E-state index contributed by atoms with van der Waals surface area (Å²) in [6.45, 7) is 5.80. The number of methoxy groups -OCH3 is 1. The number of aliphatic hydroxyl groups is 1. The van der Waals surface area contributed by atoms with E-state index < -0.39 is 11.7 Å². The second-order valence-electron chi connectivity index (χ2n) is 3.82. The van der Waals surface area contributed by atoms with Gasteiger partial charge in [0, 0.05) is 13.5 Å².